The SMILES string of the molecule is COc1ccccc1C(O)CNC(=O)NCc1ccnc(N(C)C)c1. The first-order chi connectivity index (χ1) is 12.0. The number of anilines is 1. The molecule has 0 spiro atoms. The Morgan fingerprint density at radius 3 is 2.76 bits per heavy atom. The van der Waals surface area contributed by atoms with Gasteiger partial charge in [-0.05, 0) is 23.8 Å². The Kier molecular flexibility index (Phi) is 6.59. The molecule has 1 atom stereocenters. The summed E-state index contributed by atoms with van der Waals surface area (Å²) in [4.78, 5) is 18.1. The van der Waals surface area contributed by atoms with Gasteiger partial charge < -0.3 is 25.4 Å². The Labute approximate surface area is 147 Å². The molecule has 2 rings (SSSR count). The van der Waals surface area contributed by atoms with Crippen molar-refractivity contribution in [2.45, 2.75) is 12.6 Å². The first kappa shape index (κ1) is 18.5. The van der Waals surface area contributed by atoms with Crippen LogP contribution >= 0.6 is 0 Å². The number of hydrogen-bond donors (Lipinski definition) is 3. The average molecular weight is 344 g/mol. The van der Waals surface area contributed by atoms with Gasteiger partial charge >= 0.3 is 6.03 Å². The number of carbonyl (C=O) groups is 1. The van der Waals surface area contributed by atoms with Gasteiger partial charge in [-0.15, -0.1) is 0 Å². The molecule has 0 aliphatic rings. The Morgan fingerprint density at radius 1 is 1.28 bits per heavy atom. The summed E-state index contributed by atoms with van der Waals surface area (Å²) in [5.74, 6) is 1.41. The Bertz CT molecular complexity index is 706. The lowest BCUT2D eigenvalue weighted by Gasteiger charge is -2.16. The summed E-state index contributed by atoms with van der Waals surface area (Å²) < 4.78 is 5.21. The zero-order valence-corrected chi connectivity index (χ0v) is 14.7. The number of aromatic nitrogens is 1. The van der Waals surface area contributed by atoms with Crippen molar-refractivity contribution in [3.8, 4) is 5.75 Å². The molecule has 2 amide bonds. The molecule has 0 aliphatic carbocycles. The van der Waals surface area contributed by atoms with Crippen LogP contribution in [0, 0.1) is 0 Å². The van der Waals surface area contributed by atoms with Crippen LogP contribution in [0.1, 0.15) is 17.2 Å². The largest absolute Gasteiger partial charge is 0.496 e. The average Bonchev–Trinajstić information content (AvgIpc) is 2.64. The van der Waals surface area contributed by atoms with Crippen molar-refractivity contribution in [2.75, 3.05) is 32.6 Å². The quantitative estimate of drug-likeness (QED) is 0.711. The number of hydrogen-bond acceptors (Lipinski definition) is 5. The second-order valence-corrected chi connectivity index (χ2v) is 5.74. The maximum atomic E-state index is 11.9. The van der Waals surface area contributed by atoms with Gasteiger partial charge in [-0.1, -0.05) is 18.2 Å². The molecule has 134 valence electrons. The van der Waals surface area contributed by atoms with Crippen molar-refractivity contribution in [1.82, 2.24) is 15.6 Å². The molecular weight excluding hydrogens is 320 g/mol. The number of aliphatic hydroxyl groups excluding tert-OH is 1. The molecule has 1 unspecified atom stereocenters. The van der Waals surface area contributed by atoms with Gasteiger partial charge in [0, 0.05) is 38.9 Å². The normalized spacial score (nSPS) is 11.5. The van der Waals surface area contributed by atoms with Gasteiger partial charge in [0.15, 0.2) is 0 Å². The van der Waals surface area contributed by atoms with Crippen molar-refractivity contribution < 1.29 is 14.6 Å². The monoisotopic (exact) mass is 344 g/mol. The van der Waals surface area contributed by atoms with Crippen LogP contribution in [0.5, 0.6) is 5.75 Å². The van der Waals surface area contributed by atoms with Gasteiger partial charge in [-0.25, -0.2) is 9.78 Å². The third kappa shape index (κ3) is 5.36. The molecule has 1 heterocycles. The molecule has 0 bridgehead atoms. The molecule has 0 fully saturated rings. The first-order valence-electron chi connectivity index (χ1n) is 7.96. The highest BCUT2D eigenvalue weighted by molar-refractivity contribution is 5.73. The fourth-order valence-electron chi connectivity index (χ4n) is 2.30. The highest BCUT2D eigenvalue weighted by atomic mass is 16.5. The predicted octanol–water partition coefficient (Wildman–Crippen LogP) is 1.69. The number of pyridine rings is 1. The molecule has 3 N–H and O–H groups in total. The number of rotatable bonds is 7. The number of para-hydroxylation sites is 1. The van der Waals surface area contributed by atoms with E-state index >= 15 is 0 Å². The minimum Gasteiger partial charge on any atom is -0.496 e. The van der Waals surface area contributed by atoms with Crippen molar-refractivity contribution in [3.05, 3.63) is 53.7 Å². The van der Waals surface area contributed by atoms with E-state index < -0.39 is 6.10 Å². The molecule has 0 aliphatic heterocycles. The van der Waals surface area contributed by atoms with E-state index in [0.717, 1.165) is 11.4 Å². The lowest BCUT2D eigenvalue weighted by atomic mass is 10.1. The van der Waals surface area contributed by atoms with E-state index in [1.807, 2.05) is 43.3 Å². The number of nitrogens with zero attached hydrogens (tertiary/aromatic N) is 2. The van der Waals surface area contributed by atoms with Crippen molar-refractivity contribution in [2.24, 2.45) is 0 Å². The predicted molar refractivity (Wildman–Crippen MR) is 96.8 cm³/mol. The number of carbonyl (C=O) groups excluding carboxylic acids is 1. The van der Waals surface area contributed by atoms with E-state index in [-0.39, 0.29) is 12.6 Å². The van der Waals surface area contributed by atoms with Crippen molar-refractivity contribution in [3.63, 3.8) is 0 Å². The highest BCUT2D eigenvalue weighted by Crippen LogP contribution is 2.23. The van der Waals surface area contributed by atoms with E-state index in [4.69, 9.17) is 4.74 Å². The standard InChI is InChI=1S/C18H24N4O3/c1-22(2)17-10-13(8-9-19-17)11-20-18(24)21-12-15(23)14-6-4-5-7-16(14)25-3/h4-10,15,23H,11-12H2,1-3H3,(H2,20,21,24). The molecule has 7 nitrogen and oxygen atoms in total. The van der Waals surface area contributed by atoms with Gasteiger partial charge in [-0.3, -0.25) is 0 Å². The fourth-order valence-corrected chi connectivity index (χ4v) is 2.30. The lowest BCUT2D eigenvalue weighted by Crippen LogP contribution is -2.37. The van der Waals surface area contributed by atoms with Gasteiger partial charge in [0.2, 0.25) is 0 Å². The van der Waals surface area contributed by atoms with Crippen LogP contribution in [0.2, 0.25) is 0 Å². The number of methoxy groups -OCH3 is 1. The minimum atomic E-state index is -0.844. The van der Waals surface area contributed by atoms with Crippen molar-refractivity contribution in [1.29, 1.82) is 0 Å². The molecule has 25 heavy (non-hydrogen) atoms. The molecule has 2 aromatic rings. The fraction of sp³-hybridized carbons (Fsp3) is 0.333. The second-order valence-electron chi connectivity index (χ2n) is 5.74. The summed E-state index contributed by atoms with van der Waals surface area (Å²) in [6.07, 6.45) is 0.860. The third-order valence-electron chi connectivity index (χ3n) is 3.68. The summed E-state index contributed by atoms with van der Waals surface area (Å²) in [7, 11) is 5.36. The summed E-state index contributed by atoms with van der Waals surface area (Å²) in [6.45, 7) is 0.464. The van der Waals surface area contributed by atoms with E-state index in [0.29, 0.717) is 17.9 Å². The molecule has 0 saturated carbocycles. The summed E-state index contributed by atoms with van der Waals surface area (Å²) in [5.41, 5.74) is 1.58. The van der Waals surface area contributed by atoms with E-state index in [9.17, 15) is 9.90 Å². The van der Waals surface area contributed by atoms with Crippen LogP contribution in [-0.4, -0.2) is 43.9 Å². The van der Waals surface area contributed by atoms with Gasteiger partial charge in [-0.2, -0.15) is 0 Å². The van der Waals surface area contributed by atoms with Gasteiger partial charge in [0.25, 0.3) is 0 Å². The first-order valence-corrected chi connectivity index (χ1v) is 7.96. The number of nitrogens with one attached hydrogen (secondary N) is 2. The summed E-state index contributed by atoms with van der Waals surface area (Å²) >= 11 is 0. The maximum absolute atomic E-state index is 11.9. The summed E-state index contributed by atoms with van der Waals surface area (Å²) in [5, 5.41) is 15.6. The molecule has 1 aromatic heterocycles. The Balaban J connectivity index is 1.83. The van der Waals surface area contributed by atoms with E-state index in [1.54, 1.807) is 25.4 Å². The second kappa shape index (κ2) is 8.89. The van der Waals surface area contributed by atoms with Crippen LogP contribution in [-0.2, 0) is 6.54 Å². The Morgan fingerprint density at radius 2 is 2.04 bits per heavy atom. The number of benzene rings is 1. The van der Waals surface area contributed by atoms with Crippen LogP contribution < -0.4 is 20.3 Å². The minimum absolute atomic E-state index is 0.0888. The van der Waals surface area contributed by atoms with Gasteiger partial charge in [0.1, 0.15) is 11.6 Å². The van der Waals surface area contributed by atoms with Crippen LogP contribution in [0.4, 0.5) is 10.6 Å². The van der Waals surface area contributed by atoms with Crippen LogP contribution in [0.25, 0.3) is 0 Å². The number of ether oxygens (including phenoxy) is 1. The number of amides is 2. The molecule has 7 heteroatoms. The van der Waals surface area contributed by atoms with Crippen molar-refractivity contribution >= 4 is 11.8 Å². The molecule has 0 radical (unpaired) electrons. The summed E-state index contributed by atoms with van der Waals surface area (Å²) in [6, 6.07) is 10.6. The molecule has 0 saturated heterocycles. The molecular formula is C18H24N4O3. The van der Waals surface area contributed by atoms with Crippen LogP contribution in [0.15, 0.2) is 42.6 Å². The van der Waals surface area contributed by atoms with E-state index in [1.165, 1.54) is 0 Å². The van der Waals surface area contributed by atoms with Crippen LogP contribution in [0.3, 0.4) is 0 Å². The maximum Gasteiger partial charge on any atom is 0.315 e. The zero-order chi connectivity index (χ0) is 18.2. The zero-order valence-electron chi connectivity index (χ0n) is 14.7. The number of urea groups is 1. The Hall–Kier alpha value is -2.80. The number of aliphatic hydroxyl groups is 1. The van der Waals surface area contributed by atoms with E-state index in [2.05, 4.69) is 15.6 Å². The third-order valence-corrected chi connectivity index (χ3v) is 3.68. The topological polar surface area (TPSA) is 86.7 Å². The smallest absolute Gasteiger partial charge is 0.315 e. The lowest BCUT2D eigenvalue weighted by molar-refractivity contribution is 0.169. The molecule has 1 aromatic carbocycles. The van der Waals surface area contributed by atoms with Gasteiger partial charge in [0.05, 0.1) is 13.2 Å². The highest BCUT2D eigenvalue weighted by Gasteiger charge is 2.13.